The molecule has 0 aromatic heterocycles. The minimum Gasteiger partial charge on any atom is -0.481 e. The van der Waals surface area contributed by atoms with Gasteiger partial charge in [-0.25, -0.2) is 0 Å². The number of ether oxygens (including phenoxy) is 1. The minimum absolute atomic E-state index is 0.0459. The molecular formula is C11H15NO3. The highest BCUT2D eigenvalue weighted by molar-refractivity contribution is 5.66. The number of anilines is 1. The Hall–Kier alpha value is -1.55. The Kier molecular flexibility index (Phi) is 4.63. The lowest BCUT2D eigenvalue weighted by atomic mass is 10.1. The van der Waals surface area contributed by atoms with E-state index in [4.69, 9.17) is 15.6 Å². The fourth-order valence-corrected chi connectivity index (χ4v) is 1.21. The Morgan fingerprint density at radius 1 is 1.33 bits per heavy atom. The molecule has 4 heteroatoms. The van der Waals surface area contributed by atoms with Gasteiger partial charge in [-0.2, -0.15) is 0 Å². The van der Waals surface area contributed by atoms with Gasteiger partial charge in [0.1, 0.15) is 0 Å². The first-order chi connectivity index (χ1) is 7.20. The Labute approximate surface area is 88.7 Å². The number of para-hydroxylation sites is 1. The van der Waals surface area contributed by atoms with E-state index in [0.717, 1.165) is 11.3 Å². The van der Waals surface area contributed by atoms with E-state index in [2.05, 4.69) is 0 Å². The maximum absolute atomic E-state index is 10.2. The third kappa shape index (κ3) is 4.46. The van der Waals surface area contributed by atoms with Crippen molar-refractivity contribution in [3.8, 4) is 0 Å². The summed E-state index contributed by atoms with van der Waals surface area (Å²) in [5, 5.41) is 8.37. The molecular weight excluding hydrogens is 194 g/mol. The molecule has 3 N–H and O–H groups in total. The smallest absolute Gasteiger partial charge is 0.305 e. The van der Waals surface area contributed by atoms with Gasteiger partial charge >= 0.3 is 5.97 Å². The number of nitrogens with two attached hydrogens (primary N) is 1. The van der Waals surface area contributed by atoms with Crippen LogP contribution >= 0.6 is 0 Å². The van der Waals surface area contributed by atoms with E-state index in [1.54, 1.807) is 0 Å². The van der Waals surface area contributed by atoms with Crippen LogP contribution in [0.4, 0.5) is 5.69 Å². The maximum atomic E-state index is 10.2. The molecule has 0 spiro atoms. The zero-order valence-corrected chi connectivity index (χ0v) is 8.48. The van der Waals surface area contributed by atoms with Crippen molar-refractivity contribution in [1.82, 2.24) is 0 Å². The minimum atomic E-state index is -0.839. The number of carboxylic acid groups (broad SMARTS) is 1. The van der Waals surface area contributed by atoms with E-state index in [0.29, 0.717) is 13.0 Å². The van der Waals surface area contributed by atoms with Crippen LogP contribution in [-0.2, 0) is 16.0 Å². The number of carbonyl (C=O) groups is 1. The van der Waals surface area contributed by atoms with Crippen LogP contribution in [0.1, 0.15) is 12.0 Å². The molecule has 15 heavy (non-hydrogen) atoms. The average molecular weight is 209 g/mol. The van der Waals surface area contributed by atoms with Crippen LogP contribution in [0.3, 0.4) is 0 Å². The van der Waals surface area contributed by atoms with Crippen molar-refractivity contribution in [3.05, 3.63) is 29.8 Å². The molecule has 1 rings (SSSR count). The second kappa shape index (κ2) is 6.03. The molecule has 0 aliphatic rings. The first-order valence-electron chi connectivity index (χ1n) is 4.83. The predicted molar refractivity (Wildman–Crippen MR) is 57.6 cm³/mol. The van der Waals surface area contributed by atoms with Crippen molar-refractivity contribution in [2.45, 2.75) is 12.8 Å². The Bertz CT molecular complexity index is 325. The molecule has 0 unspecified atom stereocenters. The van der Waals surface area contributed by atoms with Crippen LogP contribution in [0.15, 0.2) is 24.3 Å². The normalized spacial score (nSPS) is 10.1. The van der Waals surface area contributed by atoms with Crippen molar-refractivity contribution in [1.29, 1.82) is 0 Å². The highest BCUT2D eigenvalue weighted by Gasteiger charge is 1.99. The van der Waals surface area contributed by atoms with Gasteiger partial charge < -0.3 is 15.6 Å². The van der Waals surface area contributed by atoms with Crippen molar-refractivity contribution in [2.75, 3.05) is 18.9 Å². The standard InChI is InChI=1S/C11H15NO3/c12-10-4-2-1-3-9(10)5-7-15-8-6-11(13)14/h1-4H,5-8,12H2,(H,13,14). The molecule has 0 aliphatic carbocycles. The highest BCUT2D eigenvalue weighted by atomic mass is 16.5. The lowest BCUT2D eigenvalue weighted by molar-refractivity contribution is -0.138. The highest BCUT2D eigenvalue weighted by Crippen LogP contribution is 2.10. The quantitative estimate of drug-likeness (QED) is 0.547. The summed E-state index contributed by atoms with van der Waals surface area (Å²) in [5.74, 6) is -0.839. The topological polar surface area (TPSA) is 72.5 Å². The molecule has 0 amide bonds. The predicted octanol–water partition coefficient (Wildman–Crippen LogP) is 1.30. The molecule has 0 saturated heterocycles. The number of hydrogen-bond acceptors (Lipinski definition) is 3. The summed E-state index contributed by atoms with van der Waals surface area (Å²) < 4.78 is 5.17. The molecule has 0 radical (unpaired) electrons. The van der Waals surface area contributed by atoms with Gasteiger partial charge in [-0.15, -0.1) is 0 Å². The first-order valence-corrected chi connectivity index (χ1v) is 4.83. The van der Waals surface area contributed by atoms with Crippen LogP contribution in [0.5, 0.6) is 0 Å². The van der Waals surface area contributed by atoms with Gasteiger partial charge in [0.25, 0.3) is 0 Å². The average Bonchev–Trinajstić information content (AvgIpc) is 2.20. The summed E-state index contributed by atoms with van der Waals surface area (Å²) in [5.41, 5.74) is 7.52. The summed E-state index contributed by atoms with van der Waals surface area (Å²) in [6, 6.07) is 7.58. The van der Waals surface area contributed by atoms with Gasteiger partial charge in [-0.05, 0) is 18.1 Å². The van der Waals surface area contributed by atoms with Crippen LogP contribution in [0.25, 0.3) is 0 Å². The van der Waals surface area contributed by atoms with Crippen molar-refractivity contribution in [2.24, 2.45) is 0 Å². The summed E-state index contributed by atoms with van der Waals surface area (Å²) in [4.78, 5) is 10.2. The Morgan fingerprint density at radius 3 is 2.73 bits per heavy atom. The van der Waals surface area contributed by atoms with Gasteiger partial charge in [0.2, 0.25) is 0 Å². The first kappa shape index (κ1) is 11.5. The van der Waals surface area contributed by atoms with Gasteiger partial charge in [0.05, 0.1) is 19.6 Å². The molecule has 0 fully saturated rings. The van der Waals surface area contributed by atoms with E-state index >= 15 is 0 Å². The monoisotopic (exact) mass is 209 g/mol. The maximum Gasteiger partial charge on any atom is 0.305 e. The molecule has 4 nitrogen and oxygen atoms in total. The number of hydrogen-bond donors (Lipinski definition) is 2. The second-order valence-electron chi connectivity index (χ2n) is 3.20. The summed E-state index contributed by atoms with van der Waals surface area (Å²) in [6.07, 6.45) is 0.760. The van der Waals surface area contributed by atoms with Crippen LogP contribution in [-0.4, -0.2) is 24.3 Å². The third-order valence-corrected chi connectivity index (χ3v) is 2.03. The largest absolute Gasteiger partial charge is 0.481 e. The molecule has 0 bridgehead atoms. The zero-order valence-electron chi connectivity index (χ0n) is 8.48. The van der Waals surface area contributed by atoms with Gasteiger partial charge in [0.15, 0.2) is 0 Å². The van der Waals surface area contributed by atoms with Crippen molar-refractivity contribution >= 4 is 11.7 Å². The van der Waals surface area contributed by atoms with E-state index in [-0.39, 0.29) is 13.0 Å². The van der Waals surface area contributed by atoms with Gasteiger partial charge in [-0.1, -0.05) is 18.2 Å². The fourth-order valence-electron chi connectivity index (χ4n) is 1.21. The van der Waals surface area contributed by atoms with Crippen molar-refractivity contribution in [3.63, 3.8) is 0 Å². The zero-order chi connectivity index (χ0) is 11.1. The van der Waals surface area contributed by atoms with E-state index in [9.17, 15) is 4.79 Å². The fraction of sp³-hybridized carbons (Fsp3) is 0.364. The molecule has 1 aromatic rings. The number of carboxylic acids is 1. The summed E-state index contributed by atoms with van der Waals surface area (Å²) in [6.45, 7) is 0.754. The SMILES string of the molecule is Nc1ccccc1CCOCCC(=O)O. The molecule has 0 atom stereocenters. The summed E-state index contributed by atoms with van der Waals surface area (Å²) in [7, 11) is 0. The molecule has 0 aliphatic heterocycles. The third-order valence-electron chi connectivity index (χ3n) is 2.03. The second-order valence-corrected chi connectivity index (χ2v) is 3.20. The van der Waals surface area contributed by atoms with E-state index in [1.807, 2.05) is 24.3 Å². The van der Waals surface area contributed by atoms with Crippen LogP contribution in [0, 0.1) is 0 Å². The van der Waals surface area contributed by atoms with E-state index < -0.39 is 5.97 Å². The molecule has 0 heterocycles. The van der Waals surface area contributed by atoms with Crippen molar-refractivity contribution < 1.29 is 14.6 Å². The Morgan fingerprint density at radius 2 is 2.07 bits per heavy atom. The number of nitrogen functional groups attached to an aromatic ring is 1. The molecule has 0 saturated carbocycles. The summed E-state index contributed by atoms with van der Waals surface area (Å²) >= 11 is 0. The van der Waals surface area contributed by atoms with Crippen LogP contribution < -0.4 is 5.73 Å². The lowest BCUT2D eigenvalue weighted by Gasteiger charge is -2.05. The van der Waals surface area contributed by atoms with E-state index in [1.165, 1.54) is 0 Å². The lowest BCUT2D eigenvalue weighted by Crippen LogP contribution is -2.06. The Balaban J connectivity index is 2.21. The number of rotatable bonds is 6. The van der Waals surface area contributed by atoms with Gasteiger partial charge in [-0.3, -0.25) is 4.79 Å². The number of aliphatic carboxylic acids is 1. The van der Waals surface area contributed by atoms with Crippen LogP contribution in [0.2, 0.25) is 0 Å². The number of benzene rings is 1. The molecule has 82 valence electrons. The van der Waals surface area contributed by atoms with Gasteiger partial charge in [0, 0.05) is 5.69 Å². The molecule has 1 aromatic carbocycles.